The molecule has 0 radical (unpaired) electrons. The van der Waals surface area contributed by atoms with Gasteiger partial charge in [-0.25, -0.2) is 8.78 Å². The molecule has 10 heteroatoms. The number of hydrogen-bond acceptors (Lipinski definition) is 7. The van der Waals surface area contributed by atoms with Crippen LogP contribution in [0.3, 0.4) is 0 Å². The zero-order chi connectivity index (χ0) is 23.8. The molecule has 1 N–H and O–H groups in total. The van der Waals surface area contributed by atoms with Gasteiger partial charge in [-0.1, -0.05) is 13.0 Å². The number of hydrogen-bond donors (Lipinski definition) is 1. The van der Waals surface area contributed by atoms with E-state index in [1.807, 2.05) is 0 Å². The third-order valence-corrected chi connectivity index (χ3v) is 5.78. The topological polar surface area (TPSA) is 112 Å². The Balaban J connectivity index is 2.25. The fraction of sp³-hybridized carbons (Fsp3) is 0.545. The molecular formula is C22H26F2N2O6. The van der Waals surface area contributed by atoms with E-state index in [4.69, 9.17) is 9.47 Å². The summed E-state index contributed by atoms with van der Waals surface area (Å²) in [6.07, 6.45) is 3.14. The van der Waals surface area contributed by atoms with Crippen LogP contribution in [0.25, 0.3) is 0 Å². The van der Waals surface area contributed by atoms with E-state index < -0.39 is 58.2 Å². The molecule has 2 aliphatic rings. The van der Waals surface area contributed by atoms with Crippen LogP contribution < -0.4 is 0 Å². The summed E-state index contributed by atoms with van der Waals surface area (Å²) in [5, 5.41) is 22.2. The third-order valence-electron chi connectivity index (χ3n) is 5.78. The van der Waals surface area contributed by atoms with Gasteiger partial charge in [0.1, 0.15) is 11.9 Å². The Morgan fingerprint density at radius 1 is 1.47 bits per heavy atom. The lowest BCUT2D eigenvalue weighted by atomic mass is 9.82. The molecule has 1 aliphatic heterocycles. The molecule has 1 aliphatic carbocycles. The van der Waals surface area contributed by atoms with Crippen molar-refractivity contribution >= 4 is 5.97 Å². The number of esters is 1. The van der Waals surface area contributed by atoms with Crippen LogP contribution in [0.4, 0.5) is 8.78 Å². The number of carbonyl (C=O) groups excluding carboxylic acids is 1. The van der Waals surface area contributed by atoms with Gasteiger partial charge in [0.2, 0.25) is 12.1 Å². The largest absolute Gasteiger partial charge is 0.459 e. The molecule has 1 aromatic rings. The molecular weight excluding hydrogens is 426 g/mol. The molecule has 8 nitrogen and oxygen atoms in total. The van der Waals surface area contributed by atoms with Crippen LogP contribution in [0.1, 0.15) is 57.0 Å². The van der Waals surface area contributed by atoms with Crippen molar-refractivity contribution in [1.82, 2.24) is 4.98 Å². The van der Waals surface area contributed by atoms with Gasteiger partial charge in [0.25, 0.3) is 0 Å². The number of nitrogens with zero attached hydrogens (tertiary/aromatic N) is 2. The maximum absolute atomic E-state index is 15.6. The maximum Gasteiger partial charge on any atom is 0.303 e. The second-order valence-electron chi connectivity index (χ2n) is 8.72. The molecule has 4 unspecified atom stereocenters. The third kappa shape index (κ3) is 4.56. The Labute approximate surface area is 184 Å². The van der Waals surface area contributed by atoms with Crippen LogP contribution in [-0.2, 0) is 25.5 Å². The minimum absolute atomic E-state index is 0.0258. The highest BCUT2D eigenvalue weighted by molar-refractivity contribution is 5.66. The first-order valence-corrected chi connectivity index (χ1v) is 10.3. The van der Waals surface area contributed by atoms with Crippen molar-refractivity contribution < 1.29 is 33.1 Å². The molecule has 2 heterocycles. The second kappa shape index (κ2) is 8.67. The van der Waals surface area contributed by atoms with Gasteiger partial charge >= 0.3 is 5.97 Å². The van der Waals surface area contributed by atoms with Crippen molar-refractivity contribution in [2.45, 2.75) is 57.3 Å². The van der Waals surface area contributed by atoms with Gasteiger partial charge in [0.05, 0.1) is 23.6 Å². The van der Waals surface area contributed by atoms with Crippen molar-refractivity contribution in [3.05, 3.63) is 63.0 Å². The molecule has 3 rings (SSSR count). The molecule has 0 aromatic carbocycles. The zero-order valence-corrected chi connectivity index (χ0v) is 18.3. The number of pyridine rings is 1. The van der Waals surface area contributed by atoms with Gasteiger partial charge in [-0.15, -0.1) is 0 Å². The Bertz CT molecular complexity index is 987. The van der Waals surface area contributed by atoms with Gasteiger partial charge in [-0.2, -0.15) is 0 Å². The maximum atomic E-state index is 15.6. The fourth-order valence-corrected chi connectivity index (χ4v) is 4.24. The molecule has 0 spiro atoms. The molecule has 1 aromatic heterocycles. The summed E-state index contributed by atoms with van der Waals surface area (Å²) in [7, 11) is 0. The molecule has 174 valence electrons. The van der Waals surface area contributed by atoms with Crippen LogP contribution in [0.15, 0.2) is 30.1 Å². The van der Waals surface area contributed by atoms with E-state index in [0.29, 0.717) is 0 Å². The highest BCUT2D eigenvalue weighted by Crippen LogP contribution is 2.42. The Morgan fingerprint density at radius 3 is 2.72 bits per heavy atom. The normalized spacial score (nSPS) is 27.8. The van der Waals surface area contributed by atoms with Crippen molar-refractivity contribution in [2.75, 3.05) is 13.2 Å². The van der Waals surface area contributed by atoms with E-state index in [1.165, 1.54) is 45.1 Å². The molecule has 4 atom stereocenters. The number of halogens is 2. The highest BCUT2D eigenvalue weighted by atomic mass is 19.1. The molecule has 32 heavy (non-hydrogen) atoms. The standard InChI is InChI=1S/C22H26F2N2O6/c1-12-9-14(23)5-6-15(12)20-19(24)16(21(3,4)28)10-17(25-20)22(11-26(29)30)18(7-8-31-22)32-13(2)27/h5-6,9-10,12,15,18,28H,7-8,11H2,1-4H3. The number of ether oxygens (including phenoxy) is 2. The number of nitro groups is 1. The first-order chi connectivity index (χ1) is 14.8. The average Bonchev–Trinajstić information content (AvgIpc) is 3.03. The number of aromatic nitrogens is 1. The van der Waals surface area contributed by atoms with Crippen LogP contribution in [-0.4, -0.2) is 40.2 Å². The van der Waals surface area contributed by atoms with Gasteiger partial charge in [-0.3, -0.25) is 19.9 Å². The first-order valence-electron chi connectivity index (χ1n) is 10.3. The summed E-state index contributed by atoms with van der Waals surface area (Å²) >= 11 is 0. The second-order valence-corrected chi connectivity index (χ2v) is 8.72. The summed E-state index contributed by atoms with van der Waals surface area (Å²) in [4.78, 5) is 27.0. The van der Waals surface area contributed by atoms with Crippen molar-refractivity contribution in [3.8, 4) is 0 Å². The van der Waals surface area contributed by atoms with Crippen LogP contribution in [0.5, 0.6) is 0 Å². The highest BCUT2D eigenvalue weighted by Gasteiger charge is 2.54. The summed E-state index contributed by atoms with van der Waals surface area (Å²) in [5.41, 5.74) is -3.70. The lowest BCUT2D eigenvalue weighted by molar-refractivity contribution is -0.505. The van der Waals surface area contributed by atoms with Gasteiger partial charge < -0.3 is 14.6 Å². The van der Waals surface area contributed by atoms with Crippen LogP contribution in [0.2, 0.25) is 0 Å². The van der Waals surface area contributed by atoms with Gasteiger partial charge in [0.15, 0.2) is 5.82 Å². The number of allylic oxidation sites excluding steroid dienone is 4. The quantitative estimate of drug-likeness (QED) is 0.400. The van der Waals surface area contributed by atoms with E-state index in [2.05, 4.69) is 4.98 Å². The van der Waals surface area contributed by atoms with E-state index in [9.17, 15) is 24.4 Å². The van der Waals surface area contributed by atoms with Crippen molar-refractivity contribution in [3.63, 3.8) is 0 Å². The smallest absolute Gasteiger partial charge is 0.303 e. The molecule has 0 amide bonds. The predicted octanol–water partition coefficient (Wildman–Crippen LogP) is 3.42. The van der Waals surface area contributed by atoms with Gasteiger partial charge in [0, 0.05) is 29.7 Å². The SMILES string of the molecule is CC(=O)OC1CCOC1(C[N+](=O)[O-])c1cc(C(C)(C)O)c(F)c(C2C=CC(F)=CC2C)n1. The summed E-state index contributed by atoms with van der Waals surface area (Å²) in [6, 6.07) is 1.22. The Hall–Kier alpha value is -2.72. The average molecular weight is 452 g/mol. The Kier molecular flexibility index (Phi) is 6.48. The predicted molar refractivity (Wildman–Crippen MR) is 109 cm³/mol. The zero-order valence-electron chi connectivity index (χ0n) is 18.3. The minimum Gasteiger partial charge on any atom is -0.459 e. The van der Waals surface area contributed by atoms with E-state index in [1.54, 1.807) is 6.92 Å². The number of carbonyl (C=O) groups is 1. The van der Waals surface area contributed by atoms with E-state index in [-0.39, 0.29) is 30.0 Å². The summed E-state index contributed by atoms with van der Waals surface area (Å²) < 4.78 is 40.3. The lowest BCUT2D eigenvalue weighted by Gasteiger charge is -2.32. The first kappa shape index (κ1) is 23.9. The lowest BCUT2D eigenvalue weighted by Crippen LogP contribution is -2.46. The van der Waals surface area contributed by atoms with E-state index in [0.717, 1.165) is 0 Å². The van der Waals surface area contributed by atoms with Crippen molar-refractivity contribution in [2.24, 2.45) is 5.92 Å². The molecule has 0 bridgehead atoms. The molecule has 1 fully saturated rings. The molecule has 1 saturated heterocycles. The van der Waals surface area contributed by atoms with Crippen molar-refractivity contribution in [1.29, 1.82) is 0 Å². The van der Waals surface area contributed by atoms with Crippen LogP contribution >= 0.6 is 0 Å². The monoisotopic (exact) mass is 452 g/mol. The Morgan fingerprint density at radius 2 is 2.16 bits per heavy atom. The summed E-state index contributed by atoms with van der Waals surface area (Å²) in [5.74, 6) is -3.06. The number of aliphatic hydroxyl groups is 1. The van der Waals surface area contributed by atoms with Gasteiger partial charge in [-0.05, 0) is 38.0 Å². The fourth-order valence-electron chi connectivity index (χ4n) is 4.24. The number of rotatable bonds is 6. The summed E-state index contributed by atoms with van der Waals surface area (Å²) in [6.45, 7) is 4.89. The minimum atomic E-state index is -1.76. The van der Waals surface area contributed by atoms with Crippen LogP contribution in [0, 0.1) is 21.8 Å². The molecule has 0 saturated carbocycles. The van der Waals surface area contributed by atoms with E-state index >= 15 is 4.39 Å².